The first-order valence-corrected chi connectivity index (χ1v) is 27.6. The second kappa shape index (κ2) is 19.6. The summed E-state index contributed by atoms with van der Waals surface area (Å²) in [6.07, 6.45) is -12.5. The molecule has 0 spiro atoms. The van der Waals surface area contributed by atoms with Crippen LogP contribution in [-0.2, 0) is 75.7 Å². The van der Waals surface area contributed by atoms with Gasteiger partial charge < -0.3 is 75.8 Å². The SMILES string of the molecule is COC1[C@@H](COP(=O)(O)OP(=O)(O)OP(=O)(O)OC[C@@]23COC([C@H](n4cnc5c(N)ncnc54)O2)[C@H]3OP(=O)(O)OC[C@H]2O[C@@H](n3cnc4c(=O)[nH]c(N)nc43)[C@@H](O)C2O)O[C@@H]([n+]2cn(C)c3c(=O)[nH]c(N)nc32)[C@H]1O. The number of aliphatic hydroxyl groups is 3. The Labute approximate surface area is 420 Å². The molecule has 7 unspecified atom stereocenters. The molecule has 6 aromatic heterocycles. The van der Waals surface area contributed by atoms with Gasteiger partial charge in [-0.25, -0.2) is 42.8 Å². The van der Waals surface area contributed by atoms with Gasteiger partial charge in [-0.05, 0) is 0 Å². The zero-order valence-corrected chi connectivity index (χ0v) is 42.1. The maximum atomic E-state index is 13.7. The maximum absolute atomic E-state index is 13.7. The summed E-state index contributed by atoms with van der Waals surface area (Å²) in [7, 11) is -20.8. The van der Waals surface area contributed by atoms with Crippen LogP contribution in [0, 0.1) is 0 Å². The highest BCUT2D eigenvalue weighted by Gasteiger charge is 2.66. The second-order valence-electron chi connectivity index (χ2n) is 17.2. The predicted octanol–water partition coefficient (Wildman–Crippen LogP) is -4.30. The Morgan fingerprint density at radius 3 is 2.14 bits per heavy atom. The van der Waals surface area contributed by atoms with Crippen LogP contribution < -0.4 is 32.9 Å². The van der Waals surface area contributed by atoms with E-state index in [1.807, 2.05) is 0 Å². The van der Waals surface area contributed by atoms with Crippen molar-refractivity contribution in [3.05, 3.63) is 46.0 Å². The number of hydrogen-bond acceptors (Lipinski definition) is 29. The number of H-pyrrole nitrogens is 2. The number of rotatable bonds is 19. The molecule has 0 aromatic carbocycles. The van der Waals surface area contributed by atoms with Gasteiger partial charge in [-0.1, -0.05) is 4.98 Å². The summed E-state index contributed by atoms with van der Waals surface area (Å²) in [4.78, 5) is 96.4. The molecule has 43 heteroatoms. The van der Waals surface area contributed by atoms with E-state index in [2.05, 4.69) is 48.5 Å². The van der Waals surface area contributed by atoms with E-state index in [9.17, 15) is 62.7 Å². The number of nitrogens with one attached hydrogen (secondary N) is 2. The van der Waals surface area contributed by atoms with Gasteiger partial charge in [0, 0.05) is 7.11 Å². The van der Waals surface area contributed by atoms with Gasteiger partial charge in [-0.15, -0.1) is 0 Å². The van der Waals surface area contributed by atoms with Gasteiger partial charge in [0.1, 0.15) is 66.3 Å². The largest absolute Gasteiger partial charge is 0.490 e. The van der Waals surface area contributed by atoms with Gasteiger partial charge in [-0.2, -0.15) is 13.6 Å². The topological polar surface area (TPSA) is 551 Å². The van der Waals surface area contributed by atoms with Crippen molar-refractivity contribution in [1.29, 1.82) is 0 Å². The monoisotopic (exact) mass is 1160 g/mol. The van der Waals surface area contributed by atoms with Crippen molar-refractivity contribution in [1.82, 2.24) is 53.6 Å². The third-order valence-electron chi connectivity index (χ3n) is 12.3. The van der Waals surface area contributed by atoms with Crippen LogP contribution in [0.2, 0.25) is 0 Å². The summed E-state index contributed by atoms with van der Waals surface area (Å²) >= 11 is 0. The molecule has 4 aliphatic heterocycles. The molecule has 16 atom stereocenters. The van der Waals surface area contributed by atoms with Gasteiger partial charge in [0.2, 0.25) is 17.7 Å². The maximum Gasteiger partial charge on any atom is 0.490 e. The molecule has 15 N–H and O–H groups in total. The number of aliphatic hydroxyl groups excluding tert-OH is 3. The number of methoxy groups -OCH3 is 1. The first-order valence-electron chi connectivity index (χ1n) is 21.6. The van der Waals surface area contributed by atoms with E-state index >= 15 is 0 Å². The Morgan fingerprint density at radius 1 is 0.776 bits per heavy atom. The number of aromatic nitrogens is 12. The van der Waals surface area contributed by atoms with Crippen LogP contribution in [0.25, 0.3) is 33.5 Å². The average Bonchev–Trinajstić information content (AvgIpc) is 4.23. The van der Waals surface area contributed by atoms with Crippen molar-refractivity contribution in [3.63, 3.8) is 0 Å². The summed E-state index contributed by atoms with van der Waals surface area (Å²) < 4.78 is 116. The van der Waals surface area contributed by atoms with E-state index in [0.29, 0.717) is 0 Å². The molecule has 0 radical (unpaired) electrons. The average molecular weight is 1160 g/mol. The van der Waals surface area contributed by atoms with Crippen LogP contribution in [-0.4, -0.2) is 176 Å². The van der Waals surface area contributed by atoms with Crippen LogP contribution in [0.5, 0.6) is 0 Å². The Morgan fingerprint density at radius 2 is 1.42 bits per heavy atom. The highest BCUT2D eigenvalue weighted by molar-refractivity contribution is 7.66. The molecular formula is C33H44N15O24P4+. The molecule has 39 nitrogen and oxygen atoms in total. The van der Waals surface area contributed by atoms with Crippen molar-refractivity contribution >= 4 is 82.5 Å². The lowest BCUT2D eigenvalue weighted by Gasteiger charge is -2.32. The number of aryl methyl sites for hydroxylation is 1. The van der Waals surface area contributed by atoms with Gasteiger partial charge >= 0.3 is 36.9 Å². The smallest absolute Gasteiger partial charge is 0.387 e. The summed E-state index contributed by atoms with van der Waals surface area (Å²) in [5.74, 6) is -0.658. The molecule has 76 heavy (non-hydrogen) atoms. The molecule has 6 aromatic rings. The van der Waals surface area contributed by atoms with Crippen molar-refractivity contribution in [2.24, 2.45) is 7.05 Å². The Bertz CT molecular complexity index is 3560. The van der Waals surface area contributed by atoms with Crippen molar-refractivity contribution < 1.29 is 108 Å². The van der Waals surface area contributed by atoms with Gasteiger partial charge in [0.25, 0.3) is 17.1 Å². The molecule has 4 fully saturated rings. The lowest BCUT2D eigenvalue weighted by Crippen LogP contribution is -2.46. The van der Waals surface area contributed by atoms with Crippen molar-refractivity contribution in [2.45, 2.75) is 73.1 Å². The number of fused-ring (bicyclic) bond motifs is 5. The fourth-order valence-electron chi connectivity index (χ4n) is 9.01. The van der Waals surface area contributed by atoms with E-state index in [1.165, 1.54) is 33.4 Å². The fourth-order valence-corrected chi connectivity index (χ4v) is 13.6. The molecule has 2 bridgehead atoms. The third kappa shape index (κ3) is 10.0. The van der Waals surface area contributed by atoms with E-state index in [0.717, 1.165) is 24.3 Å². The Kier molecular flexibility index (Phi) is 14.0. The van der Waals surface area contributed by atoms with E-state index in [4.69, 9.17) is 59.0 Å². The predicted molar refractivity (Wildman–Crippen MR) is 242 cm³/mol. The second-order valence-corrected chi connectivity index (χ2v) is 23.2. The van der Waals surface area contributed by atoms with Crippen LogP contribution in [0.3, 0.4) is 0 Å². The van der Waals surface area contributed by atoms with Crippen LogP contribution in [0.1, 0.15) is 18.7 Å². The van der Waals surface area contributed by atoms with Gasteiger partial charge in [0.05, 0.1) is 46.1 Å². The molecule has 0 saturated carbocycles. The van der Waals surface area contributed by atoms with Crippen molar-refractivity contribution in [2.75, 3.05) is 50.7 Å². The molecule has 0 aliphatic carbocycles. The minimum absolute atomic E-state index is 0.0228. The number of nitrogen functional groups attached to an aromatic ring is 3. The number of ether oxygens (including phenoxy) is 5. The first kappa shape index (κ1) is 54.2. The Hall–Kier alpha value is -5.15. The number of nitrogens with zero attached hydrogens (tertiary/aromatic N) is 10. The molecule has 10 heterocycles. The molecule has 10 rings (SSSR count). The first-order chi connectivity index (χ1) is 35.7. The summed E-state index contributed by atoms with van der Waals surface area (Å²) in [5.41, 5.74) is 13.4. The number of anilines is 3. The number of phosphoric ester groups is 3. The van der Waals surface area contributed by atoms with Crippen LogP contribution >= 0.6 is 31.3 Å². The zero-order valence-electron chi connectivity index (χ0n) is 38.6. The highest BCUT2D eigenvalue weighted by atomic mass is 31.3. The lowest BCUT2D eigenvalue weighted by atomic mass is 10.0. The van der Waals surface area contributed by atoms with Crippen LogP contribution in [0.4, 0.5) is 17.7 Å². The van der Waals surface area contributed by atoms with E-state index < -0.39 is 142 Å². The fraction of sp³-hybridized carbons (Fsp3) is 0.545. The van der Waals surface area contributed by atoms with Crippen LogP contribution in [0.15, 0.2) is 34.9 Å². The minimum atomic E-state index is -6.19. The third-order valence-corrected chi connectivity index (χ3v) is 17.5. The normalized spacial score (nSPS) is 31.8. The molecule has 414 valence electrons. The quantitative estimate of drug-likeness (QED) is 0.0270. The number of phosphoric acid groups is 4. The standard InChI is InChI=1S/C33H43N15O24P4/c1-45-10-48(25-15(45)27(53)44-32(36)42-25)29-18(51)19(62-2)12(68-29)4-65-74(56,57)71-76(60,61)72-75(58,59)66-6-33-5-63-20(30(69-33)46-8-39-13-22(34)37-7-38-23(13)46)21(33)70-73(54,55)64-3-11-16(49)17(50)28(67-11)47-9-40-14-24(47)41-31(35)43-26(14)52/h7-12,16-21,28-30,49-51H,3-6H2,1-2H3,(H11-,34,35,36,37,38,41,42,43,44,52,53,54,55,56,57,58,59,60,61)/p+1/t11-,12-,16?,17+,18+,19?,20?,21-,28-,29-,30-,33-/m1/s1. The van der Waals surface area contributed by atoms with Gasteiger partial charge in [0.15, 0.2) is 41.4 Å². The Balaban J connectivity index is 0.813. The summed E-state index contributed by atoms with van der Waals surface area (Å²) in [6.45, 7) is -3.91. The van der Waals surface area contributed by atoms with E-state index in [-0.39, 0.29) is 51.2 Å². The highest BCUT2D eigenvalue weighted by Crippen LogP contribution is 2.68. The number of aromatic amines is 2. The molecule has 4 aliphatic rings. The summed E-state index contributed by atoms with van der Waals surface area (Å²) in [5, 5.41) is 32.9. The lowest BCUT2D eigenvalue weighted by molar-refractivity contribution is -0.745. The number of imidazole rings is 3. The summed E-state index contributed by atoms with van der Waals surface area (Å²) in [6, 6.07) is 0. The number of hydrogen-bond donors (Lipinski definition) is 12. The van der Waals surface area contributed by atoms with E-state index in [1.54, 1.807) is 0 Å². The number of nitrogens with two attached hydrogens (primary N) is 3. The minimum Gasteiger partial charge on any atom is -0.387 e. The molecule has 0 amide bonds. The van der Waals surface area contributed by atoms with Crippen molar-refractivity contribution in [3.8, 4) is 0 Å². The zero-order chi connectivity index (χ0) is 54.6. The van der Waals surface area contributed by atoms with Gasteiger partial charge in [-0.3, -0.25) is 51.4 Å². The molecule has 4 saturated heterocycles. The molecular weight excluding hydrogens is 1110 g/mol.